The highest BCUT2D eigenvalue weighted by Gasteiger charge is 2.35. The third-order valence-corrected chi connectivity index (χ3v) is 4.60. The van der Waals surface area contributed by atoms with Crippen LogP contribution >= 0.6 is 12.2 Å². The molecule has 110 valence electrons. The summed E-state index contributed by atoms with van der Waals surface area (Å²) in [5, 5.41) is 2.99. The predicted molar refractivity (Wildman–Crippen MR) is 83.0 cm³/mol. The van der Waals surface area contributed by atoms with E-state index in [1.807, 2.05) is 6.92 Å². The standard InChI is InChI=1S/C14H27N3OS/c1-10(2)9-16-12(18)11(3)17-7-5-14(4,6-8-17)13(15)19/h10-11H,5-9H2,1-4H3,(H2,15,19)(H,16,18). The van der Waals surface area contributed by atoms with Crippen LogP contribution in [0.3, 0.4) is 0 Å². The van der Waals surface area contributed by atoms with Gasteiger partial charge in [0.1, 0.15) is 0 Å². The van der Waals surface area contributed by atoms with Crippen molar-refractivity contribution < 1.29 is 4.79 Å². The van der Waals surface area contributed by atoms with Gasteiger partial charge in [0.25, 0.3) is 0 Å². The molecule has 0 saturated carbocycles. The monoisotopic (exact) mass is 285 g/mol. The Morgan fingerprint density at radius 2 is 1.89 bits per heavy atom. The van der Waals surface area contributed by atoms with Crippen LogP contribution in [-0.2, 0) is 4.79 Å². The molecule has 1 heterocycles. The maximum Gasteiger partial charge on any atom is 0.237 e. The Kier molecular flexibility index (Phi) is 5.74. The van der Waals surface area contributed by atoms with Gasteiger partial charge in [0, 0.05) is 12.0 Å². The number of piperidine rings is 1. The van der Waals surface area contributed by atoms with E-state index in [1.165, 1.54) is 0 Å². The Morgan fingerprint density at radius 3 is 2.32 bits per heavy atom. The molecule has 19 heavy (non-hydrogen) atoms. The van der Waals surface area contributed by atoms with Crippen molar-refractivity contribution in [3.63, 3.8) is 0 Å². The van der Waals surface area contributed by atoms with Gasteiger partial charge in [-0.25, -0.2) is 0 Å². The number of nitrogens with one attached hydrogen (secondary N) is 1. The molecule has 1 amide bonds. The van der Waals surface area contributed by atoms with E-state index in [9.17, 15) is 4.79 Å². The first-order valence-corrected chi connectivity index (χ1v) is 7.49. The van der Waals surface area contributed by atoms with Gasteiger partial charge >= 0.3 is 0 Å². The van der Waals surface area contributed by atoms with Gasteiger partial charge in [0.2, 0.25) is 5.91 Å². The average Bonchev–Trinajstić information content (AvgIpc) is 2.35. The number of hydrogen-bond acceptors (Lipinski definition) is 3. The second-order valence-electron chi connectivity index (χ2n) is 6.28. The first kappa shape index (κ1) is 16.4. The summed E-state index contributed by atoms with van der Waals surface area (Å²) < 4.78 is 0. The highest BCUT2D eigenvalue weighted by atomic mass is 32.1. The van der Waals surface area contributed by atoms with Gasteiger partial charge in [0.05, 0.1) is 11.0 Å². The van der Waals surface area contributed by atoms with Crippen molar-refractivity contribution in [2.24, 2.45) is 17.1 Å². The molecule has 0 aromatic heterocycles. The average molecular weight is 285 g/mol. The zero-order valence-corrected chi connectivity index (χ0v) is 13.3. The maximum atomic E-state index is 12.0. The Balaban J connectivity index is 2.46. The molecule has 1 atom stereocenters. The third kappa shape index (κ3) is 4.42. The number of amides is 1. The summed E-state index contributed by atoms with van der Waals surface area (Å²) in [5.41, 5.74) is 5.76. The summed E-state index contributed by atoms with van der Waals surface area (Å²) in [6, 6.07) is -0.0744. The number of carbonyl (C=O) groups is 1. The number of thiocarbonyl (C=S) groups is 1. The quantitative estimate of drug-likeness (QED) is 0.752. The van der Waals surface area contributed by atoms with E-state index in [-0.39, 0.29) is 17.4 Å². The molecule has 3 N–H and O–H groups in total. The van der Waals surface area contributed by atoms with Gasteiger partial charge in [-0.1, -0.05) is 33.0 Å². The Bertz CT molecular complexity index is 336. The van der Waals surface area contributed by atoms with E-state index in [4.69, 9.17) is 18.0 Å². The number of carbonyl (C=O) groups excluding carboxylic acids is 1. The van der Waals surface area contributed by atoms with Crippen molar-refractivity contribution in [3.05, 3.63) is 0 Å². The van der Waals surface area contributed by atoms with Crippen LogP contribution in [0.5, 0.6) is 0 Å². The van der Waals surface area contributed by atoms with E-state index in [0.717, 1.165) is 32.5 Å². The fourth-order valence-corrected chi connectivity index (χ4v) is 2.47. The molecule has 5 heteroatoms. The first-order chi connectivity index (χ1) is 8.76. The van der Waals surface area contributed by atoms with Gasteiger partial charge in [0.15, 0.2) is 0 Å². The number of nitrogens with two attached hydrogens (primary N) is 1. The molecular formula is C14H27N3OS. The molecular weight excluding hydrogens is 258 g/mol. The van der Waals surface area contributed by atoms with E-state index < -0.39 is 0 Å². The van der Waals surface area contributed by atoms with Crippen molar-refractivity contribution in [1.82, 2.24) is 10.2 Å². The minimum absolute atomic E-state index is 0.0417. The van der Waals surface area contributed by atoms with E-state index in [0.29, 0.717) is 10.9 Å². The minimum atomic E-state index is -0.0744. The van der Waals surface area contributed by atoms with Gasteiger partial charge < -0.3 is 11.1 Å². The van der Waals surface area contributed by atoms with Crippen LogP contribution in [0.15, 0.2) is 0 Å². The summed E-state index contributed by atoms with van der Waals surface area (Å²) in [7, 11) is 0. The normalized spacial score (nSPS) is 21.1. The minimum Gasteiger partial charge on any atom is -0.393 e. The predicted octanol–water partition coefficient (Wildman–Crippen LogP) is 1.54. The number of nitrogens with zero attached hydrogens (tertiary/aromatic N) is 1. The van der Waals surface area contributed by atoms with Crippen molar-refractivity contribution in [2.75, 3.05) is 19.6 Å². The van der Waals surface area contributed by atoms with Crippen LogP contribution in [0.25, 0.3) is 0 Å². The second-order valence-corrected chi connectivity index (χ2v) is 6.72. The Morgan fingerprint density at radius 1 is 1.37 bits per heavy atom. The molecule has 4 nitrogen and oxygen atoms in total. The summed E-state index contributed by atoms with van der Waals surface area (Å²) in [6.45, 7) is 10.8. The van der Waals surface area contributed by atoms with Crippen LogP contribution in [-0.4, -0.2) is 41.5 Å². The van der Waals surface area contributed by atoms with Crippen molar-refractivity contribution >= 4 is 23.1 Å². The SMILES string of the molecule is CC(C)CNC(=O)C(C)N1CCC(C)(C(N)=S)CC1. The second kappa shape index (κ2) is 6.66. The van der Waals surface area contributed by atoms with Gasteiger partial charge in [-0.15, -0.1) is 0 Å². The van der Waals surface area contributed by atoms with E-state index in [2.05, 4.69) is 31.0 Å². The molecule has 1 rings (SSSR count). The summed E-state index contributed by atoms with van der Waals surface area (Å²) in [6.07, 6.45) is 1.87. The van der Waals surface area contributed by atoms with Crippen LogP contribution < -0.4 is 11.1 Å². The zero-order valence-electron chi connectivity index (χ0n) is 12.5. The summed E-state index contributed by atoms with van der Waals surface area (Å²) in [4.78, 5) is 14.9. The first-order valence-electron chi connectivity index (χ1n) is 7.08. The largest absolute Gasteiger partial charge is 0.393 e. The zero-order chi connectivity index (χ0) is 14.6. The molecule has 1 saturated heterocycles. The molecule has 1 unspecified atom stereocenters. The van der Waals surface area contributed by atoms with Crippen molar-refractivity contribution in [2.45, 2.75) is 46.6 Å². The number of likely N-dealkylation sites (tertiary alicyclic amines) is 1. The molecule has 1 fully saturated rings. The lowest BCUT2D eigenvalue weighted by atomic mass is 9.80. The maximum absolute atomic E-state index is 12.0. The number of hydrogen-bond donors (Lipinski definition) is 2. The van der Waals surface area contributed by atoms with Gasteiger partial charge in [-0.2, -0.15) is 0 Å². The molecule has 1 aliphatic heterocycles. The molecule has 0 spiro atoms. The smallest absolute Gasteiger partial charge is 0.237 e. The van der Waals surface area contributed by atoms with E-state index >= 15 is 0 Å². The van der Waals surface area contributed by atoms with Crippen LogP contribution in [0.2, 0.25) is 0 Å². The van der Waals surface area contributed by atoms with Crippen LogP contribution in [0, 0.1) is 11.3 Å². The highest BCUT2D eigenvalue weighted by molar-refractivity contribution is 7.80. The lowest BCUT2D eigenvalue weighted by molar-refractivity contribution is -0.126. The molecule has 0 aromatic rings. The molecule has 0 aliphatic carbocycles. The fraction of sp³-hybridized carbons (Fsp3) is 0.857. The molecule has 0 radical (unpaired) electrons. The fourth-order valence-electron chi connectivity index (χ4n) is 2.27. The lowest BCUT2D eigenvalue weighted by Crippen LogP contribution is -2.52. The summed E-state index contributed by atoms with van der Waals surface area (Å²) in [5.74, 6) is 0.600. The van der Waals surface area contributed by atoms with Crippen LogP contribution in [0.4, 0.5) is 0 Å². The third-order valence-electron chi connectivity index (χ3n) is 4.11. The van der Waals surface area contributed by atoms with Gasteiger partial charge in [-0.05, 0) is 38.8 Å². The van der Waals surface area contributed by atoms with Crippen molar-refractivity contribution in [1.29, 1.82) is 0 Å². The Labute approximate surface area is 122 Å². The van der Waals surface area contributed by atoms with Crippen molar-refractivity contribution in [3.8, 4) is 0 Å². The van der Waals surface area contributed by atoms with Crippen LogP contribution in [0.1, 0.15) is 40.5 Å². The van der Waals surface area contributed by atoms with E-state index in [1.54, 1.807) is 0 Å². The topological polar surface area (TPSA) is 58.4 Å². The van der Waals surface area contributed by atoms with Gasteiger partial charge in [-0.3, -0.25) is 9.69 Å². The highest BCUT2D eigenvalue weighted by Crippen LogP contribution is 2.31. The number of rotatable bonds is 5. The lowest BCUT2D eigenvalue weighted by Gasteiger charge is -2.40. The summed E-state index contributed by atoms with van der Waals surface area (Å²) >= 11 is 5.14. The molecule has 0 aromatic carbocycles. The molecule has 0 bridgehead atoms. The molecule has 1 aliphatic rings. The Hall–Kier alpha value is -0.680.